The van der Waals surface area contributed by atoms with Crippen molar-refractivity contribution >= 4 is 5.91 Å². The smallest absolute Gasteiger partial charge is 0.226 e. The SMILES string of the molecule is CC[C@@H](Cc1ccccc1)C(=O)N(C)[C@@H](CO)c1ccccc1. The Hall–Kier alpha value is -2.13. The van der Waals surface area contributed by atoms with Gasteiger partial charge in [0, 0.05) is 13.0 Å². The van der Waals surface area contributed by atoms with Crippen molar-refractivity contribution in [1.82, 2.24) is 4.90 Å². The van der Waals surface area contributed by atoms with E-state index in [0.29, 0.717) is 0 Å². The zero-order valence-corrected chi connectivity index (χ0v) is 13.9. The molecule has 1 amide bonds. The first-order valence-electron chi connectivity index (χ1n) is 8.13. The van der Waals surface area contributed by atoms with E-state index in [1.807, 2.05) is 55.5 Å². The van der Waals surface area contributed by atoms with E-state index in [4.69, 9.17) is 0 Å². The Bertz CT molecular complexity index is 598. The van der Waals surface area contributed by atoms with E-state index < -0.39 is 0 Å². The molecule has 23 heavy (non-hydrogen) atoms. The third kappa shape index (κ3) is 4.42. The molecule has 1 N–H and O–H groups in total. The van der Waals surface area contributed by atoms with Crippen LogP contribution >= 0.6 is 0 Å². The van der Waals surface area contributed by atoms with Crippen LogP contribution in [0.1, 0.15) is 30.5 Å². The Morgan fingerprint density at radius 3 is 2.13 bits per heavy atom. The number of carbonyl (C=O) groups excluding carboxylic acids is 1. The van der Waals surface area contributed by atoms with Gasteiger partial charge in [0.05, 0.1) is 12.6 Å². The van der Waals surface area contributed by atoms with Crippen molar-refractivity contribution < 1.29 is 9.90 Å². The summed E-state index contributed by atoms with van der Waals surface area (Å²) in [6.07, 6.45) is 1.51. The van der Waals surface area contributed by atoms with Crippen LogP contribution in [0.2, 0.25) is 0 Å². The van der Waals surface area contributed by atoms with E-state index in [9.17, 15) is 9.90 Å². The zero-order valence-electron chi connectivity index (χ0n) is 13.9. The molecule has 2 rings (SSSR count). The standard InChI is InChI=1S/C20H25NO2/c1-3-17(14-16-10-6-4-7-11-16)20(23)21(2)19(15-22)18-12-8-5-9-13-18/h4-13,17,19,22H,3,14-15H2,1-2H3/t17-,19-/m0/s1. The lowest BCUT2D eigenvalue weighted by molar-refractivity contribution is -0.137. The summed E-state index contributed by atoms with van der Waals surface area (Å²) in [5.74, 6) is 0.0134. The van der Waals surface area contributed by atoms with Crippen molar-refractivity contribution in [3.8, 4) is 0 Å². The Morgan fingerprint density at radius 1 is 1.04 bits per heavy atom. The highest BCUT2D eigenvalue weighted by molar-refractivity contribution is 5.79. The van der Waals surface area contributed by atoms with Gasteiger partial charge in [0.25, 0.3) is 0 Å². The van der Waals surface area contributed by atoms with E-state index in [1.165, 1.54) is 5.56 Å². The molecular weight excluding hydrogens is 286 g/mol. The summed E-state index contributed by atoms with van der Waals surface area (Å²) in [6, 6.07) is 19.5. The lowest BCUT2D eigenvalue weighted by Gasteiger charge is -2.30. The topological polar surface area (TPSA) is 40.5 Å². The number of hydrogen-bond acceptors (Lipinski definition) is 2. The van der Waals surface area contributed by atoms with Crippen molar-refractivity contribution in [2.24, 2.45) is 5.92 Å². The molecule has 0 saturated heterocycles. The second-order valence-corrected chi connectivity index (χ2v) is 5.85. The Balaban J connectivity index is 2.12. The first kappa shape index (κ1) is 17.2. The fourth-order valence-corrected chi connectivity index (χ4v) is 2.87. The summed E-state index contributed by atoms with van der Waals surface area (Å²) >= 11 is 0. The second kappa shape index (κ2) is 8.49. The number of likely N-dealkylation sites (N-methyl/N-ethyl adjacent to an activating group) is 1. The number of rotatable bonds is 7. The minimum absolute atomic E-state index is 0.0693. The summed E-state index contributed by atoms with van der Waals surface area (Å²) in [7, 11) is 1.78. The molecule has 0 saturated carbocycles. The molecule has 0 aliphatic rings. The molecule has 0 radical (unpaired) electrons. The minimum Gasteiger partial charge on any atom is -0.394 e. The number of carbonyl (C=O) groups is 1. The maximum Gasteiger partial charge on any atom is 0.226 e. The molecule has 0 bridgehead atoms. The summed E-state index contributed by atoms with van der Waals surface area (Å²) in [5.41, 5.74) is 2.13. The van der Waals surface area contributed by atoms with E-state index in [1.54, 1.807) is 11.9 Å². The van der Waals surface area contributed by atoms with E-state index in [2.05, 4.69) is 12.1 Å². The van der Waals surface area contributed by atoms with Gasteiger partial charge in [-0.1, -0.05) is 67.6 Å². The molecule has 2 aromatic rings. The lowest BCUT2D eigenvalue weighted by Crippen LogP contribution is -2.38. The highest BCUT2D eigenvalue weighted by atomic mass is 16.3. The maximum absolute atomic E-state index is 12.9. The normalized spacial score (nSPS) is 13.3. The molecule has 122 valence electrons. The van der Waals surface area contributed by atoms with Crippen LogP contribution in [0, 0.1) is 5.92 Å². The lowest BCUT2D eigenvalue weighted by atomic mass is 9.94. The van der Waals surface area contributed by atoms with E-state index in [0.717, 1.165) is 18.4 Å². The van der Waals surface area contributed by atoms with Gasteiger partial charge in [0.1, 0.15) is 0 Å². The van der Waals surface area contributed by atoms with Gasteiger partial charge in [-0.15, -0.1) is 0 Å². The molecule has 3 heteroatoms. The van der Waals surface area contributed by atoms with Crippen molar-refractivity contribution in [2.45, 2.75) is 25.8 Å². The van der Waals surface area contributed by atoms with E-state index >= 15 is 0 Å². The van der Waals surface area contributed by atoms with Gasteiger partial charge in [-0.05, 0) is 24.0 Å². The molecule has 0 spiro atoms. The fourth-order valence-electron chi connectivity index (χ4n) is 2.87. The highest BCUT2D eigenvalue weighted by Gasteiger charge is 2.26. The van der Waals surface area contributed by atoms with Crippen LogP contribution < -0.4 is 0 Å². The second-order valence-electron chi connectivity index (χ2n) is 5.85. The number of nitrogens with zero attached hydrogens (tertiary/aromatic N) is 1. The summed E-state index contributed by atoms with van der Waals surface area (Å²) < 4.78 is 0. The molecule has 3 nitrogen and oxygen atoms in total. The average molecular weight is 311 g/mol. The summed E-state index contributed by atoms with van der Waals surface area (Å²) in [5, 5.41) is 9.75. The van der Waals surface area contributed by atoms with Crippen LogP contribution in [-0.2, 0) is 11.2 Å². The van der Waals surface area contributed by atoms with Crippen LogP contribution in [0.4, 0.5) is 0 Å². The first-order valence-corrected chi connectivity index (χ1v) is 8.13. The Kier molecular flexibility index (Phi) is 6.36. The van der Waals surface area contributed by atoms with Gasteiger partial charge >= 0.3 is 0 Å². The van der Waals surface area contributed by atoms with Gasteiger partial charge in [-0.2, -0.15) is 0 Å². The fraction of sp³-hybridized carbons (Fsp3) is 0.350. The predicted octanol–water partition coefficient (Wildman–Crippen LogP) is 3.45. The Labute approximate surface area is 138 Å². The monoisotopic (exact) mass is 311 g/mol. The first-order chi connectivity index (χ1) is 11.2. The molecule has 0 aliphatic heterocycles. The molecular formula is C20H25NO2. The van der Waals surface area contributed by atoms with Crippen LogP contribution in [0.5, 0.6) is 0 Å². The van der Waals surface area contributed by atoms with Crippen molar-refractivity contribution in [3.05, 3.63) is 71.8 Å². The molecule has 0 aliphatic carbocycles. The van der Waals surface area contributed by atoms with Gasteiger partial charge in [0.15, 0.2) is 0 Å². The largest absolute Gasteiger partial charge is 0.394 e. The van der Waals surface area contributed by atoms with Gasteiger partial charge in [-0.3, -0.25) is 4.79 Å². The number of hydrogen-bond donors (Lipinski definition) is 1. The average Bonchev–Trinajstić information content (AvgIpc) is 2.61. The number of aliphatic hydroxyl groups excluding tert-OH is 1. The summed E-state index contributed by atoms with van der Waals surface area (Å²) in [6.45, 7) is 1.96. The molecule has 0 fully saturated rings. The van der Waals surface area contributed by atoms with Gasteiger partial charge < -0.3 is 10.0 Å². The third-order valence-electron chi connectivity index (χ3n) is 4.34. The van der Waals surface area contributed by atoms with E-state index in [-0.39, 0.29) is 24.5 Å². The van der Waals surface area contributed by atoms with Crippen molar-refractivity contribution in [3.63, 3.8) is 0 Å². The third-order valence-corrected chi connectivity index (χ3v) is 4.34. The van der Waals surface area contributed by atoms with Gasteiger partial charge in [-0.25, -0.2) is 0 Å². The minimum atomic E-state index is -0.298. The summed E-state index contributed by atoms with van der Waals surface area (Å²) in [4.78, 5) is 14.6. The number of aliphatic hydroxyl groups is 1. The van der Waals surface area contributed by atoms with Crippen molar-refractivity contribution in [2.75, 3.05) is 13.7 Å². The zero-order chi connectivity index (χ0) is 16.7. The van der Waals surface area contributed by atoms with Crippen LogP contribution in [0.25, 0.3) is 0 Å². The molecule has 0 heterocycles. The van der Waals surface area contributed by atoms with Crippen LogP contribution in [0.15, 0.2) is 60.7 Å². The van der Waals surface area contributed by atoms with Gasteiger partial charge in [0.2, 0.25) is 5.91 Å². The number of benzene rings is 2. The predicted molar refractivity (Wildman–Crippen MR) is 93.0 cm³/mol. The number of amides is 1. The quantitative estimate of drug-likeness (QED) is 0.851. The highest BCUT2D eigenvalue weighted by Crippen LogP contribution is 2.23. The van der Waals surface area contributed by atoms with Crippen molar-refractivity contribution in [1.29, 1.82) is 0 Å². The molecule has 2 aromatic carbocycles. The Morgan fingerprint density at radius 2 is 1.61 bits per heavy atom. The maximum atomic E-state index is 12.9. The van der Waals surface area contributed by atoms with Crippen LogP contribution in [-0.4, -0.2) is 29.6 Å². The molecule has 0 unspecified atom stereocenters. The van der Waals surface area contributed by atoms with Crippen LogP contribution in [0.3, 0.4) is 0 Å². The molecule has 0 aromatic heterocycles. The molecule has 2 atom stereocenters.